The Kier molecular flexibility index (Phi) is 6.04. The Morgan fingerprint density at radius 3 is 2.53 bits per heavy atom. The zero-order valence-corrected chi connectivity index (χ0v) is 11.1. The number of carboxylic acids is 1. The van der Waals surface area contributed by atoms with Crippen molar-refractivity contribution in [3.05, 3.63) is 0 Å². The molecular weight excluding hydrogens is 252 g/mol. The Hall–Kier alpha value is -1.34. The molecule has 1 atom stereocenters. The van der Waals surface area contributed by atoms with Crippen LogP contribution in [0.2, 0.25) is 0 Å². The average molecular weight is 274 g/mol. The van der Waals surface area contributed by atoms with Crippen LogP contribution in [-0.2, 0) is 9.53 Å². The number of aliphatic carboxylic acids is 1. The van der Waals surface area contributed by atoms with Crippen LogP contribution in [0.5, 0.6) is 0 Å². The Labute approximate surface area is 112 Å². The summed E-state index contributed by atoms with van der Waals surface area (Å²) in [6, 6.07) is -0.392. The number of carbonyl (C=O) groups is 2. The van der Waals surface area contributed by atoms with E-state index in [1.54, 1.807) is 0 Å². The van der Waals surface area contributed by atoms with Crippen LogP contribution in [0.1, 0.15) is 26.2 Å². The highest BCUT2D eigenvalue weighted by molar-refractivity contribution is 5.74. The third-order valence-electron chi connectivity index (χ3n) is 3.05. The number of hydrogen-bond donors (Lipinski definition) is 4. The molecule has 1 rings (SSSR count). The number of carboxylic acid groups (broad SMARTS) is 1. The van der Waals surface area contributed by atoms with Crippen LogP contribution in [-0.4, -0.2) is 54.1 Å². The number of ether oxygens (including phenoxy) is 1. The SMILES string of the molecule is CC(O)(CNC(=O)NCC1CCOCC1)CC(=O)O. The number of carbonyl (C=O) groups excluding carboxylic acids is 1. The van der Waals surface area contributed by atoms with E-state index in [1.807, 2.05) is 0 Å². The van der Waals surface area contributed by atoms with Crippen molar-refractivity contribution in [2.75, 3.05) is 26.3 Å². The van der Waals surface area contributed by atoms with E-state index in [2.05, 4.69) is 10.6 Å². The molecule has 4 N–H and O–H groups in total. The van der Waals surface area contributed by atoms with Crippen molar-refractivity contribution in [1.82, 2.24) is 10.6 Å². The number of nitrogens with one attached hydrogen (secondary N) is 2. The maximum atomic E-state index is 11.5. The predicted molar refractivity (Wildman–Crippen MR) is 67.8 cm³/mol. The molecule has 1 unspecified atom stereocenters. The number of urea groups is 1. The molecule has 1 saturated heterocycles. The predicted octanol–water partition coefficient (Wildman–Crippen LogP) is -0.0621. The number of aliphatic hydroxyl groups is 1. The third-order valence-corrected chi connectivity index (χ3v) is 3.05. The lowest BCUT2D eigenvalue weighted by molar-refractivity contribution is -0.141. The van der Waals surface area contributed by atoms with E-state index in [0.29, 0.717) is 12.5 Å². The Balaban J connectivity index is 2.18. The van der Waals surface area contributed by atoms with E-state index in [4.69, 9.17) is 9.84 Å². The van der Waals surface area contributed by atoms with Gasteiger partial charge in [-0.1, -0.05) is 0 Å². The van der Waals surface area contributed by atoms with Crippen molar-refractivity contribution in [2.24, 2.45) is 5.92 Å². The molecular formula is C12H22N2O5. The Morgan fingerprint density at radius 1 is 1.32 bits per heavy atom. The molecule has 1 fully saturated rings. The molecule has 0 aliphatic carbocycles. The molecule has 1 aliphatic rings. The highest BCUT2D eigenvalue weighted by Crippen LogP contribution is 2.13. The molecule has 19 heavy (non-hydrogen) atoms. The summed E-state index contributed by atoms with van der Waals surface area (Å²) in [7, 11) is 0. The molecule has 0 saturated carbocycles. The van der Waals surface area contributed by atoms with Crippen LogP contribution >= 0.6 is 0 Å². The molecule has 1 heterocycles. The average Bonchev–Trinajstić information content (AvgIpc) is 2.34. The van der Waals surface area contributed by atoms with E-state index in [-0.39, 0.29) is 6.54 Å². The maximum Gasteiger partial charge on any atom is 0.314 e. The zero-order chi connectivity index (χ0) is 14.3. The van der Waals surface area contributed by atoms with Gasteiger partial charge in [-0.05, 0) is 25.7 Å². The van der Waals surface area contributed by atoms with Crippen molar-refractivity contribution < 1.29 is 24.5 Å². The Morgan fingerprint density at radius 2 is 1.95 bits per heavy atom. The maximum absolute atomic E-state index is 11.5. The van der Waals surface area contributed by atoms with Crippen molar-refractivity contribution in [2.45, 2.75) is 31.8 Å². The zero-order valence-electron chi connectivity index (χ0n) is 11.1. The summed E-state index contributed by atoms with van der Waals surface area (Å²) in [5, 5.41) is 23.5. The molecule has 0 spiro atoms. The van der Waals surface area contributed by atoms with Crippen LogP contribution in [0, 0.1) is 5.92 Å². The normalized spacial score (nSPS) is 19.5. The van der Waals surface area contributed by atoms with E-state index in [0.717, 1.165) is 26.1 Å². The molecule has 1 aliphatic heterocycles. The molecule has 0 bridgehead atoms. The second-order valence-corrected chi connectivity index (χ2v) is 5.19. The fourth-order valence-corrected chi connectivity index (χ4v) is 1.91. The van der Waals surface area contributed by atoms with Crippen LogP contribution in [0.25, 0.3) is 0 Å². The van der Waals surface area contributed by atoms with Crippen molar-refractivity contribution >= 4 is 12.0 Å². The molecule has 7 heteroatoms. The monoisotopic (exact) mass is 274 g/mol. The Bertz CT molecular complexity index is 313. The molecule has 110 valence electrons. The first-order chi connectivity index (χ1) is 8.89. The van der Waals surface area contributed by atoms with E-state index < -0.39 is 24.0 Å². The van der Waals surface area contributed by atoms with Gasteiger partial charge >= 0.3 is 12.0 Å². The summed E-state index contributed by atoms with van der Waals surface area (Å²) in [4.78, 5) is 22.0. The van der Waals surface area contributed by atoms with E-state index in [9.17, 15) is 14.7 Å². The van der Waals surface area contributed by atoms with Gasteiger partial charge in [0.1, 0.15) is 0 Å². The minimum Gasteiger partial charge on any atom is -0.481 e. The highest BCUT2D eigenvalue weighted by Gasteiger charge is 2.25. The summed E-state index contributed by atoms with van der Waals surface area (Å²) in [5.74, 6) is -0.687. The third kappa shape index (κ3) is 6.97. The summed E-state index contributed by atoms with van der Waals surface area (Å²) < 4.78 is 5.22. The first-order valence-corrected chi connectivity index (χ1v) is 6.43. The van der Waals surface area contributed by atoms with Gasteiger partial charge in [-0.25, -0.2) is 4.79 Å². The summed E-state index contributed by atoms with van der Waals surface area (Å²) in [5.41, 5.74) is -1.44. The van der Waals surface area contributed by atoms with Gasteiger partial charge in [-0.15, -0.1) is 0 Å². The van der Waals surface area contributed by atoms with Crippen LogP contribution < -0.4 is 10.6 Å². The second kappa shape index (κ2) is 7.30. The van der Waals surface area contributed by atoms with Crippen molar-refractivity contribution in [3.8, 4) is 0 Å². The molecule has 0 radical (unpaired) electrons. The number of rotatable bonds is 6. The van der Waals surface area contributed by atoms with Crippen LogP contribution in [0.4, 0.5) is 4.79 Å². The summed E-state index contributed by atoms with van der Waals surface area (Å²) in [6.45, 7) is 3.29. The van der Waals surface area contributed by atoms with Gasteiger partial charge in [0.2, 0.25) is 0 Å². The molecule has 0 aromatic carbocycles. The lowest BCUT2D eigenvalue weighted by Gasteiger charge is -2.24. The summed E-state index contributed by atoms with van der Waals surface area (Å²) in [6.07, 6.45) is 1.45. The quantitative estimate of drug-likeness (QED) is 0.542. The molecule has 0 aromatic rings. The first-order valence-electron chi connectivity index (χ1n) is 6.43. The highest BCUT2D eigenvalue weighted by atomic mass is 16.5. The lowest BCUT2D eigenvalue weighted by Crippen LogP contribution is -2.46. The van der Waals surface area contributed by atoms with Crippen molar-refractivity contribution in [3.63, 3.8) is 0 Å². The number of hydrogen-bond acceptors (Lipinski definition) is 4. The van der Waals surface area contributed by atoms with Gasteiger partial charge in [0.25, 0.3) is 0 Å². The molecule has 0 aromatic heterocycles. The first kappa shape index (κ1) is 15.7. The van der Waals surface area contributed by atoms with Gasteiger partial charge in [-0.3, -0.25) is 4.79 Å². The van der Waals surface area contributed by atoms with E-state index in [1.165, 1.54) is 6.92 Å². The topological polar surface area (TPSA) is 108 Å². The molecule has 7 nitrogen and oxygen atoms in total. The fraction of sp³-hybridized carbons (Fsp3) is 0.833. The fourth-order valence-electron chi connectivity index (χ4n) is 1.91. The van der Waals surface area contributed by atoms with Gasteiger partial charge < -0.3 is 25.6 Å². The van der Waals surface area contributed by atoms with E-state index >= 15 is 0 Å². The van der Waals surface area contributed by atoms with Crippen LogP contribution in [0.3, 0.4) is 0 Å². The largest absolute Gasteiger partial charge is 0.481 e. The van der Waals surface area contributed by atoms with Gasteiger partial charge in [0.05, 0.1) is 12.0 Å². The minimum atomic E-state index is -1.44. The van der Waals surface area contributed by atoms with Gasteiger partial charge in [-0.2, -0.15) is 0 Å². The minimum absolute atomic E-state index is 0.0983. The van der Waals surface area contributed by atoms with Gasteiger partial charge in [0.15, 0.2) is 0 Å². The van der Waals surface area contributed by atoms with Crippen molar-refractivity contribution in [1.29, 1.82) is 0 Å². The number of amides is 2. The van der Waals surface area contributed by atoms with Gasteiger partial charge in [0, 0.05) is 26.3 Å². The standard InChI is InChI=1S/C12H22N2O5/c1-12(18,6-10(15)16)8-14-11(17)13-7-9-2-4-19-5-3-9/h9,18H,2-8H2,1H3,(H,15,16)(H2,13,14,17). The molecule has 2 amide bonds. The second-order valence-electron chi connectivity index (χ2n) is 5.19. The lowest BCUT2D eigenvalue weighted by atomic mass is 10.0. The smallest absolute Gasteiger partial charge is 0.314 e. The summed E-state index contributed by atoms with van der Waals surface area (Å²) >= 11 is 0. The van der Waals surface area contributed by atoms with Crippen LogP contribution in [0.15, 0.2) is 0 Å².